The van der Waals surface area contributed by atoms with Crippen LogP contribution in [0.3, 0.4) is 0 Å². The lowest BCUT2D eigenvalue weighted by molar-refractivity contribution is -0.141. The van der Waals surface area contributed by atoms with Gasteiger partial charge in [-0.1, -0.05) is 38.8 Å². The molecule has 0 aromatic heterocycles. The third kappa shape index (κ3) is 9.75. The number of carbonyl (C=O) groups is 1. The van der Waals surface area contributed by atoms with E-state index in [-0.39, 0.29) is 5.97 Å². The Kier molecular flexibility index (Phi) is 8.97. The Labute approximate surface area is 100 Å². The molecular weight excluding hydrogens is 200 g/mol. The van der Waals surface area contributed by atoms with Gasteiger partial charge in [0.2, 0.25) is 0 Å². The summed E-state index contributed by atoms with van der Waals surface area (Å²) < 4.78 is 4.92. The Hall–Kier alpha value is -0.790. The zero-order chi connectivity index (χ0) is 12.4. The number of carbonyl (C=O) groups excluding carboxylic acids is 1. The summed E-state index contributed by atoms with van der Waals surface area (Å²) in [7, 11) is 0. The normalized spacial score (nSPS) is 12.2. The van der Waals surface area contributed by atoms with Crippen molar-refractivity contribution in [1.29, 1.82) is 0 Å². The number of rotatable bonds is 9. The molecule has 16 heavy (non-hydrogen) atoms. The van der Waals surface area contributed by atoms with Gasteiger partial charge in [-0.05, 0) is 31.6 Å². The van der Waals surface area contributed by atoms with Crippen molar-refractivity contribution in [3.8, 4) is 0 Å². The van der Waals surface area contributed by atoms with Gasteiger partial charge in [0.05, 0.1) is 6.61 Å². The maximum Gasteiger partial charge on any atom is 0.302 e. The van der Waals surface area contributed by atoms with E-state index in [0.29, 0.717) is 12.5 Å². The predicted octanol–water partition coefficient (Wildman–Crippen LogP) is 4.10. The first-order chi connectivity index (χ1) is 7.56. The smallest absolute Gasteiger partial charge is 0.302 e. The molecule has 0 aromatic rings. The van der Waals surface area contributed by atoms with Crippen LogP contribution in [0, 0.1) is 5.92 Å². The average molecular weight is 226 g/mol. The van der Waals surface area contributed by atoms with Gasteiger partial charge in [0.15, 0.2) is 0 Å². The minimum atomic E-state index is -0.186. The van der Waals surface area contributed by atoms with Crippen LogP contribution in [0.25, 0.3) is 0 Å². The highest BCUT2D eigenvalue weighted by Crippen LogP contribution is 2.18. The molecule has 0 spiro atoms. The summed E-state index contributed by atoms with van der Waals surface area (Å²) in [4.78, 5) is 10.6. The van der Waals surface area contributed by atoms with Gasteiger partial charge < -0.3 is 4.74 Å². The van der Waals surface area contributed by atoms with Crippen LogP contribution in [0.15, 0.2) is 12.2 Å². The molecular formula is C14H26O2. The number of ether oxygens (including phenoxy) is 1. The molecule has 0 heterocycles. The van der Waals surface area contributed by atoms with E-state index in [0.717, 1.165) is 19.3 Å². The number of esters is 1. The summed E-state index contributed by atoms with van der Waals surface area (Å²) in [6, 6.07) is 0. The maximum absolute atomic E-state index is 10.6. The lowest BCUT2D eigenvalue weighted by Crippen LogP contribution is -2.06. The first-order valence-corrected chi connectivity index (χ1v) is 6.36. The highest BCUT2D eigenvalue weighted by atomic mass is 16.5. The molecule has 1 unspecified atom stereocenters. The Balaban J connectivity index is 3.50. The van der Waals surface area contributed by atoms with E-state index >= 15 is 0 Å². The lowest BCUT2D eigenvalue weighted by atomic mass is 9.96. The second-order valence-electron chi connectivity index (χ2n) is 4.65. The summed E-state index contributed by atoms with van der Waals surface area (Å²) in [5, 5.41) is 0. The molecule has 0 radical (unpaired) electrons. The van der Waals surface area contributed by atoms with Crippen LogP contribution in [0.4, 0.5) is 0 Å². The Morgan fingerprint density at radius 2 is 2.06 bits per heavy atom. The van der Waals surface area contributed by atoms with Crippen molar-refractivity contribution in [2.75, 3.05) is 6.61 Å². The zero-order valence-corrected chi connectivity index (χ0v) is 11.1. The third-order valence-corrected chi connectivity index (χ3v) is 2.69. The van der Waals surface area contributed by atoms with E-state index < -0.39 is 0 Å². The fourth-order valence-electron chi connectivity index (χ4n) is 1.73. The predicted molar refractivity (Wildman–Crippen MR) is 68.3 cm³/mol. The molecule has 0 fully saturated rings. The molecule has 0 aromatic carbocycles. The zero-order valence-electron chi connectivity index (χ0n) is 11.1. The van der Waals surface area contributed by atoms with Crippen LogP contribution in [0.5, 0.6) is 0 Å². The Morgan fingerprint density at radius 1 is 1.38 bits per heavy atom. The largest absolute Gasteiger partial charge is 0.466 e. The fourth-order valence-corrected chi connectivity index (χ4v) is 1.73. The summed E-state index contributed by atoms with van der Waals surface area (Å²) in [6.45, 7) is 10.5. The van der Waals surface area contributed by atoms with Crippen molar-refractivity contribution in [1.82, 2.24) is 0 Å². The van der Waals surface area contributed by atoms with Gasteiger partial charge in [-0.3, -0.25) is 4.79 Å². The molecule has 0 aliphatic rings. The van der Waals surface area contributed by atoms with E-state index in [1.807, 2.05) is 0 Å². The molecule has 0 aliphatic heterocycles. The molecule has 0 N–H and O–H groups in total. The Bertz CT molecular complexity index is 209. The molecule has 2 heteroatoms. The van der Waals surface area contributed by atoms with Crippen LogP contribution in [-0.2, 0) is 9.53 Å². The van der Waals surface area contributed by atoms with Gasteiger partial charge in [0.25, 0.3) is 0 Å². The number of hydrogen-bond acceptors (Lipinski definition) is 2. The van der Waals surface area contributed by atoms with E-state index in [4.69, 9.17) is 4.74 Å². The Morgan fingerprint density at radius 3 is 2.62 bits per heavy atom. The average Bonchev–Trinajstić information content (AvgIpc) is 2.17. The van der Waals surface area contributed by atoms with Crippen molar-refractivity contribution in [3.63, 3.8) is 0 Å². The van der Waals surface area contributed by atoms with E-state index in [1.54, 1.807) is 0 Å². The molecule has 0 rings (SSSR count). The van der Waals surface area contributed by atoms with Crippen LogP contribution in [-0.4, -0.2) is 12.6 Å². The summed E-state index contributed by atoms with van der Waals surface area (Å²) >= 11 is 0. The molecule has 0 saturated heterocycles. The highest BCUT2D eigenvalue weighted by molar-refractivity contribution is 5.65. The molecule has 0 aliphatic carbocycles. The molecule has 0 saturated carbocycles. The van der Waals surface area contributed by atoms with E-state index in [2.05, 4.69) is 20.4 Å². The number of hydrogen-bond donors (Lipinski definition) is 0. The van der Waals surface area contributed by atoms with Crippen molar-refractivity contribution >= 4 is 5.97 Å². The molecule has 94 valence electrons. The number of allylic oxidation sites excluding steroid dienone is 1. The quantitative estimate of drug-likeness (QED) is 0.336. The van der Waals surface area contributed by atoms with Gasteiger partial charge in [-0.25, -0.2) is 0 Å². The van der Waals surface area contributed by atoms with Gasteiger partial charge >= 0.3 is 5.97 Å². The minimum Gasteiger partial charge on any atom is -0.466 e. The summed E-state index contributed by atoms with van der Waals surface area (Å²) in [5.41, 5.74) is 1.34. The van der Waals surface area contributed by atoms with Crippen molar-refractivity contribution in [3.05, 3.63) is 12.2 Å². The van der Waals surface area contributed by atoms with Crippen LogP contribution >= 0.6 is 0 Å². The van der Waals surface area contributed by atoms with Crippen molar-refractivity contribution in [2.45, 2.75) is 59.3 Å². The van der Waals surface area contributed by atoms with Crippen molar-refractivity contribution < 1.29 is 9.53 Å². The molecule has 2 nitrogen and oxygen atoms in total. The van der Waals surface area contributed by atoms with Gasteiger partial charge in [-0.15, -0.1) is 0 Å². The minimum absolute atomic E-state index is 0.186. The second-order valence-corrected chi connectivity index (χ2v) is 4.65. The highest BCUT2D eigenvalue weighted by Gasteiger charge is 2.05. The maximum atomic E-state index is 10.6. The molecule has 0 bridgehead atoms. The third-order valence-electron chi connectivity index (χ3n) is 2.69. The second kappa shape index (κ2) is 9.44. The number of unbranched alkanes of at least 4 members (excludes halogenated alkanes) is 2. The first-order valence-electron chi connectivity index (χ1n) is 6.36. The summed E-state index contributed by atoms with van der Waals surface area (Å²) in [6.07, 6.45) is 6.95. The summed E-state index contributed by atoms with van der Waals surface area (Å²) in [5.74, 6) is 0.377. The van der Waals surface area contributed by atoms with Crippen LogP contribution in [0.2, 0.25) is 0 Å². The van der Waals surface area contributed by atoms with Crippen LogP contribution < -0.4 is 0 Å². The van der Waals surface area contributed by atoms with Gasteiger partial charge in [-0.2, -0.15) is 0 Å². The topological polar surface area (TPSA) is 26.3 Å². The molecule has 0 amide bonds. The molecule has 1 atom stereocenters. The first kappa shape index (κ1) is 15.2. The van der Waals surface area contributed by atoms with Gasteiger partial charge in [0.1, 0.15) is 0 Å². The fraction of sp³-hybridized carbons (Fsp3) is 0.786. The van der Waals surface area contributed by atoms with Crippen molar-refractivity contribution in [2.24, 2.45) is 5.92 Å². The van der Waals surface area contributed by atoms with E-state index in [9.17, 15) is 4.79 Å². The van der Waals surface area contributed by atoms with Gasteiger partial charge in [0, 0.05) is 6.92 Å². The lowest BCUT2D eigenvalue weighted by Gasteiger charge is -2.13. The monoisotopic (exact) mass is 226 g/mol. The van der Waals surface area contributed by atoms with Crippen LogP contribution in [0.1, 0.15) is 59.3 Å². The SMILES string of the molecule is C=C(CCCCC)CC(C)CCOC(C)=O. The van der Waals surface area contributed by atoms with E-state index in [1.165, 1.54) is 31.8 Å². The standard InChI is InChI=1S/C14H26O2/c1-5-6-7-8-12(2)11-13(3)9-10-16-14(4)15/h13H,2,5-11H2,1,3-4H3.